The molecular weight excluding hydrogens is 200 g/mol. The van der Waals surface area contributed by atoms with Crippen LogP contribution < -0.4 is 0 Å². The SMILES string of the molecule is CC(C)c1nc(C(=O)O)c(CC#N)s1. The van der Waals surface area contributed by atoms with Crippen molar-refractivity contribution in [2.24, 2.45) is 0 Å². The predicted molar refractivity (Wildman–Crippen MR) is 52.5 cm³/mol. The molecule has 0 aromatic carbocycles. The molecule has 4 nitrogen and oxygen atoms in total. The van der Waals surface area contributed by atoms with E-state index in [1.807, 2.05) is 19.9 Å². The normalized spacial score (nSPS) is 10.1. The van der Waals surface area contributed by atoms with Crippen LogP contribution in [0.5, 0.6) is 0 Å². The number of hydrogen-bond donors (Lipinski definition) is 1. The summed E-state index contributed by atoms with van der Waals surface area (Å²) in [6, 6.07) is 1.94. The molecule has 0 aliphatic heterocycles. The van der Waals surface area contributed by atoms with Crippen molar-refractivity contribution in [1.82, 2.24) is 4.98 Å². The number of carbonyl (C=O) groups is 1. The number of nitrogens with zero attached hydrogens (tertiary/aromatic N) is 2. The minimum Gasteiger partial charge on any atom is -0.476 e. The van der Waals surface area contributed by atoms with Crippen molar-refractivity contribution in [3.63, 3.8) is 0 Å². The number of nitriles is 1. The molecule has 14 heavy (non-hydrogen) atoms. The summed E-state index contributed by atoms with van der Waals surface area (Å²) in [5.41, 5.74) is 0.0280. The van der Waals surface area contributed by atoms with Crippen LogP contribution in [0, 0.1) is 11.3 Å². The quantitative estimate of drug-likeness (QED) is 0.828. The zero-order valence-corrected chi connectivity index (χ0v) is 8.76. The van der Waals surface area contributed by atoms with Crippen molar-refractivity contribution in [2.45, 2.75) is 26.2 Å². The van der Waals surface area contributed by atoms with Crippen LogP contribution in [-0.2, 0) is 6.42 Å². The molecule has 0 bridgehead atoms. The molecule has 0 aliphatic carbocycles. The number of hydrogen-bond acceptors (Lipinski definition) is 4. The molecule has 1 aromatic rings. The van der Waals surface area contributed by atoms with Crippen LogP contribution in [0.3, 0.4) is 0 Å². The van der Waals surface area contributed by atoms with E-state index in [1.54, 1.807) is 0 Å². The topological polar surface area (TPSA) is 74.0 Å². The lowest BCUT2D eigenvalue weighted by molar-refractivity contribution is 0.0690. The van der Waals surface area contributed by atoms with E-state index < -0.39 is 5.97 Å². The van der Waals surface area contributed by atoms with E-state index in [-0.39, 0.29) is 18.0 Å². The largest absolute Gasteiger partial charge is 0.476 e. The second-order valence-corrected chi connectivity index (χ2v) is 4.23. The summed E-state index contributed by atoms with van der Waals surface area (Å²) >= 11 is 1.31. The molecule has 0 fully saturated rings. The summed E-state index contributed by atoms with van der Waals surface area (Å²) in [5.74, 6) is -0.857. The van der Waals surface area contributed by atoms with Gasteiger partial charge in [-0.05, 0) is 0 Å². The molecular formula is C9H10N2O2S. The highest BCUT2D eigenvalue weighted by Crippen LogP contribution is 2.25. The van der Waals surface area contributed by atoms with Gasteiger partial charge in [-0.3, -0.25) is 0 Å². The van der Waals surface area contributed by atoms with E-state index in [2.05, 4.69) is 4.98 Å². The zero-order valence-electron chi connectivity index (χ0n) is 7.94. The van der Waals surface area contributed by atoms with Gasteiger partial charge in [0.25, 0.3) is 0 Å². The monoisotopic (exact) mass is 210 g/mol. The second-order valence-electron chi connectivity index (χ2n) is 3.12. The molecule has 0 aliphatic rings. The van der Waals surface area contributed by atoms with E-state index in [0.29, 0.717) is 4.88 Å². The zero-order chi connectivity index (χ0) is 10.7. The van der Waals surface area contributed by atoms with Crippen LogP contribution in [-0.4, -0.2) is 16.1 Å². The van der Waals surface area contributed by atoms with Crippen molar-refractivity contribution < 1.29 is 9.90 Å². The molecule has 0 radical (unpaired) electrons. The molecule has 1 heterocycles. The Labute approximate surface area is 85.8 Å². The highest BCUT2D eigenvalue weighted by Gasteiger charge is 2.18. The molecule has 5 heteroatoms. The van der Waals surface area contributed by atoms with Gasteiger partial charge in [0, 0.05) is 5.92 Å². The standard InChI is InChI=1S/C9H10N2O2S/c1-5(2)8-11-7(9(12)13)6(14-8)3-4-10/h5H,3H2,1-2H3,(H,12,13). The van der Waals surface area contributed by atoms with E-state index in [4.69, 9.17) is 10.4 Å². The van der Waals surface area contributed by atoms with Gasteiger partial charge in [0.15, 0.2) is 5.69 Å². The molecule has 1 aromatic heterocycles. The van der Waals surface area contributed by atoms with E-state index in [0.717, 1.165) is 5.01 Å². The lowest BCUT2D eigenvalue weighted by Gasteiger charge is -1.94. The van der Waals surface area contributed by atoms with Gasteiger partial charge in [-0.2, -0.15) is 5.26 Å². The first-order valence-electron chi connectivity index (χ1n) is 4.16. The molecule has 1 rings (SSSR count). The summed E-state index contributed by atoms with van der Waals surface area (Å²) in [6.45, 7) is 3.89. The summed E-state index contributed by atoms with van der Waals surface area (Å²) in [4.78, 5) is 15.3. The molecule has 0 saturated carbocycles. The van der Waals surface area contributed by atoms with Crippen molar-refractivity contribution in [3.05, 3.63) is 15.6 Å². The molecule has 0 saturated heterocycles. The maximum atomic E-state index is 10.8. The first-order valence-corrected chi connectivity index (χ1v) is 4.97. The second kappa shape index (κ2) is 4.20. The fraction of sp³-hybridized carbons (Fsp3) is 0.444. The van der Waals surface area contributed by atoms with Crippen LogP contribution in [0.1, 0.15) is 40.1 Å². The van der Waals surface area contributed by atoms with Gasteiger partial charge in [-0.25, -0.2) is 9.78 Å². The molecule has 0 amide bonds. The molecule has 0 spiro atoms. The van der Waals surface area contributed by atoms with Gasteiger partial charge >= 0.3 is 5.97 Å². The summed E-state index contributed by atoms with van der Waals surface area (Å²) in [6.07, 6.45) is 0.117. The van der Waals surface area contributed by atoms with Crippen molar-refractivity contribution in [1.29, 1.82) is 5.26 Å². The van der Waals surface area contributed by atoms with Crippen molar-refractivity contribution >= 4 is 17.3 Å². The molecule has 1 N–H and O–H groups in total. The number of rotatable bonds is 3. The third-order valence-corrected chi connectivity index (χ3v) is 3.01. The number of thiazole rings is 1. The molecule has 0 unspecified atom stereocenters. The van der Waals surface area contributed by atoms with E-state index in [9.17, 15) is 4.79 Å². The van der Waals surface area contributed by atoms with Crippen LogP contribution in [0.4, 0.5) is 0 Å². The minimum atomic E-state index is -1.06. The van der Waals surface area contributed by atoms with Gasteiger partial charge in [0.1, 0.15) is 0 Å². The highest BCUT2D eigenvalue weighted by molar-refractivity contribution is 7.12. The van der Waals surface area contributed by atoms with Gasteiger partial charge in [-0.15, -0.1) is 11.3 Å². The van der Waals surface area contributed by atoms with Crippen molar-refractivity contribution in [2.75, 3.05) is 0 Å². The van der Waals surface area contributed by atoms with Crippen LogP contribution in [0.15, 0.2) is 0 Å². The first-order chi connectivity index (χ1) is 6.56. The number of carboxylic acids is 1. The van der Waals surface area contributed by atoms with Gasteiger partial charge < -0.3 is 5.11 Å². The Morgan fingerprint density at radius 1 is 1.71 bits per heavy atom. The number of aromatic carboxylic acids is 1. The minimum absolute atomic E-state index is 0.0280. The average Bonchev–Trinajstić information content (AvgIpc) is 2.49. The Balaban J connectivity index is 3.13. The summed E-state index contributed by atoms with van der Waals surface area (Å²) in [7, 11) is 0. The Kier molecular flexibility index (Phi) is 3.20. The fourth-order valence-corrected chi connectivity index (χ4v) is 1.97. The fourth-order valence-electron chi connectivity index (χ4n) is 0.976. The first kappa shape index (κ1) is 10.7. The van der Waals surface area contributed by atoms with Crippen LogP contribution in [0.25, 0.3) is 0 Å². The number of carboxylic acid groups (broad SMARTS) is 1. The van der Waals surface area contributed by atoms with E-state index in [1.165, 1.54) is 11.3 Å². The Morgan fingerprint density at radius 3 is 2.79 bits per heavy atom. The molecule has 0 atom stereocenters. The smallest absolute Gasteiger partial charge is 0.355 e. The Bertz CT molecular complexity index is 390. The highest BCUT2D eigenvalue weighted by atomic mass is 32.1. The van der Waals surface area contributed by atoms with E-state index >= 15 is 0 Å². The van der Waals surface area contributed by atoms with Gasteiger partial charge in [0.2, 0.25) is 0 Å². The van der Waals surface area contributed by atoms with Crippen LogP contribution in [0.2, 0.25) is 0 Å². The lowest BCUT2D eigenvalue weighted by Crippen LogP contribution is -2.00. The van der Waals surface area contributed by atoms with Crippen molar-refractivity contribution in [3.8, 4) is 6.07 Å². The van der Waals surface area contributed by atoms with Gasteiger partial charge in [-0.1, -0.05) is 13.8 Å². The third-order valence-electron chi connectivity index (χ3n) is 1.65. The number of aromatic nitrogens is 1. The maximum absolute atomic E-state index is 10.8. The predicted octanol–water partition coefficient (Wildman–Crippen LogP) is 2.03. The maximum Gasteiger partial charge on any atom is 0.355 e. The Hall–Kier alpha value is -1.41. The Morgan fingerprint density at radius 2 is 2.36 bits per heavy atom. The average molecular weight is 210 g/mol. The lowest BCUT2D eigenvalue weighted by atomic mass is 10.2. The molecule has 74 valence electrons. The summed E-state index contributed by atoms with van der Waals surface area (Å²) < 4.78 is 0. The third kappa shape index (κ3) is 2.09. The summed E-state index contributed by atoms with van der Waals surface area (Å²) in [5, 5.41) is 18.1. The van der Waals surface area contributed by atoms with Gasteiger partial charge in [0.05, 0.1) is 22.4 Å². The van der Waals surface area contributed by atoms with Crippen LogP contribution >= 0.6 is 11.3 Å².